The summed E-state index contributed by atoms with van der Waals surface area (Å²) in [7, 11) is 0. The van der Waals surface area contributed by atoms with E-state index in [4.69, 9.17) is 0 Å². The molecular formula is C18H18N2O2S. The van der Waals surface area contributed by atoms with Crippen LogP contribution in [0.5, 0.6) is 0 Å². The van der Waals surface area contributed by atoms with Gasteiger partial charge in [-0.25, -0.2) is 0 Å². The molecule has 5 heteroatoms. The van der Waals surface area contributed by atoms with Crippen LogP contribution in [0.15, 0.2) is 30.3 Å². The number of ketones is 1. The minimum Gasteiger partial charge on any atom is -0.352 e. The Labute approximate surface area is 138 Å². The molecule has 1 amide bonds. The van der Waals surface area contributed by atoms with Gasteiger partial charge < -0.3 is 10.6 Å². The van der Waals surface area contributed by atoms with Gasteiger partial charge in [0.15, 0.2) is 5.78 Å². The zero-order valence-electron chi connectivity index (χ0n) is 12.9. The first-order chi connectivity index (χ1) is 11.1. The fourth-order valence-corrected chi connectivity index (χ4v) is 4.44. The van der Waals surface area contributed by atoms with Crippen LogP contribution >= 0.6 is 11.3 Å². The van der Waals surface area contributed by atoms with Gasteiger partial charge in [0, 0.05) is 36.0 Å². The van der Waals surface area contributed by atoms with Gasteiger partial charge in [0.05, 0.1) is 4.88 Å². The number of carbonyl (C=O) groups excluding carboxylic acids is 2. The second kappa shape index (κ2) is 5.58. The second-order valence-corrected chi connectivity index (χ2v) is 7.34. The molecule has 118 valence electrons. The highest BCUT2D eigenvalue weighted by Crippen LogP contribution is 2.36. The van der Waals surface area contributed by atoms with Gasteiger partial charge in [0.1, 0.15) is 0 Å². The maximum Gasteiger partial charge on any atom is 0.251 e. The fraction of sp³-hybridized carbons (Fsp3) is 0.333. The van der Waals surface area contributed by atoms with E-state index in [1.54, 1.807) is 6.92 Å². The lowest BCUT2D eigenvalue weighted by Gasteiger charge is -2.16. The van der Waals surface area contributed by atoms with E-state index in [9.17, 15) is 9.59 Å². The van der Waals surface area contributed by atoms with E-state index >= 15 is 0 Å². The molecule has 3 heterocycles. The third-order valence-corrected chi connectivity index (χ3v) is 6.03. The largest absolute Gasteiger partial charge is 0.352 e. The molecular weight excluding hydrogens is 308 g/mol. The summed E-state index contributed by atoms with van der Waals surface area (Å²) >= 11 is 1.48. The third kappa shape index (κ3) is 2.50. The van der Waals surface area contributed by atoms with Crippen molar-refractivity contribution in [2.24, 2.45) is 5.92 Å². The number of fused-ring (bicyclic) bond motifs is 3. The van der Waals surface area contributed by atoms with Crippen LogP contribution in [0.25, 0.3) is 10.4 Å². The maximum atomic E-state index is 12.5. The van der Waals surface area contributed by atoms with E-state index in [2.05, 4.69) is 22.8 Å². The maximum absolute atomic E-state index is 12.5. The molecule has 4 rings (SSSR count). The van der Waals surface area contributed by atoms with Crippen molar-refractivity contribution in [3.8, 4) is 10.4 Å². The van der Waals surface area contributed by atoms with Crippen molar-refractivity contribution >= 4 is 23.0 Å². The van der Waals surface area contributed by atoms with Crippen LogP contribution < -0.4 is 10.6 Å². The summed E-state index contributed by atoms with van der Waals surface area (Å²) in [4.78, 5) is 25.7. The molecule has 0 bridgehead atoms. The van der Waals surface area contributed by atoms with Crippen molar-refractivity contribution in [2.45, 2.75) is 12.8 Å². The van der Waals surface area contributed by atoms with E-state index in [1.807, 2.05) is 18.2 Å². The van der Waals surface area contributed by atoms with Gasteiger partial charge in [-0.1, -0.05) is 12.1 Å². The summed E-state index contributed by atoms with van der Waals surface area (Å²) in [5.41, 5.74) is 2.92. The molecule has 1 aromatic heterocycles. The summed E-state index contributed by atoms with van der Waals surface area (Å²) < 4.78 is 0. The zero-order valence-corrected chi connectivity index (χ0v) is 13.7. The Bertz CT molecular complexity index is 796. The molecule has 2 aromatic rings. The van der Waals surface area contributed by atoms with Gasteiger partial charge in [0.2, 0.25) is 0 Å². The molecule has 23 heavy (non-hydrogen) atoms. The van der Waals surface area contributed by atoms with Crippen molar-refractivity contribution < 1.29 is 9.59 Å². The Morgan fingerprint density at radius 2 is 2.04 bits per heavy atom. The molecule has 2 N–H and O–H groups in total. The van der Waals surface area contributed by atoms with Gasteiger partial charge in [0.25, 0.3) is 5.91 Å². The van der Waals surface area contributed by atoms with E-state index in [1.165, 1.54) is 11.3 Å². The fourth-order valence-electron chi connectivity index (χ4n) is 3.54. The number of benzene rings is 1. The molecule has 4 nitrogen and oxygen atoms in total. The first-order valence-electron chi connectivity index (χ1n) is 7.87. The Morgan fingerprint density at radius 1 is 1.17 bits per heavy atom. The molecule has 0 unspecified atom stereocenters. The number of rotatable bonds is 2. The third-order valence-electron chi connectivity index (χ3n) is 4.80. The monoisotopic (exact) mass is 326 g/mol. The molecule has 0 saturated carbocycles. The smallest absolute Gasteiger partial charge is 0.251 e. The number of nitrogens with one attached hydrogen (secondary N) is 2. The second-order valence-electron chi connectivity index (χ2n) is 6.26. The van der Waals surface area contributed by atoms with Crippen molar-refractivity contribution in [3.05, 3.63) is 46.3 Å². The molecule has 1 saturated heterocycles. The number of thiophene rings is 1. The molecule has 1 fully saturated rings. The van der Waals surface area contributed by atoms with Crippen LogP contribution in [-0.4, -0.2) is 31.3 Å². The minimum atomic E-state index is 0.0135. The van der Waals surface area contributed by atoms with Gasteiger partial charge in [-0.2, -0.15) is 0 Å². The van der Waals surface area contributed by atoms with Crippen LogP contribution in [0.1, 0.15) is 38.4 Å². The number of amides is 1. The quantitative estimate of drug-likeness (QED) is 0.834. The average molecular weight is 326 g/mol. The molecule has 1 aromatic carbocycles. The van der Waals surface area contributed by atoms with Crippen molar-refractivity contribution in [3.63, 3.8) is 0 Å². The van der Waals surface area contributed by atoms with Crippen LogP contribution in [0, 0.1) is 5.92 Å². The lowest BCUT2D eigenvalue weighted by Crippen LogP contribution is -2.28. The number of carbonyl (C=O) groups is 2. The normalized spacial score (nSPS) is 22.9. The first-order valence-corrected chi connectivity index (χ1v) is 8.69. The van der Waals surface area contributed by atoms with Gasteiger partial charge in [-0.05, 0) is 42.2 Å². The number of hydrogen-bond acceptors (Lipinski definition) is 4. The zero-order chi connectivity index (χ0) is 16.0. The summed E-state index contributed by atoms with van der Waals surface area (Å²) in [6.07, 6.45) is 0. The summed E-state index contributed by atoms with van der Waals surface area (Å²) in [5, 5.41) is 6.47. The first kappa shape index (κ1) is 14.6. The Kier molecular flexibility index (Phi) is 3.54. The molecule has 2 atom stereocenters. The van der Waals surface area contributed by atoms with Crippen molar-refractivity contribution in [2.75, 3.05) is 19.6 Å². The van der Waals surface area contributed by atoms with E-state index in [-0.39, 0.29) is 11.7 Å². The Balaban J connectivity index is 1.77. The van der Waals surface area contributed by atoms with Gasteiger partial charge in [-0.15, -0.1) is 11.3 Å². The highest BCUT2D eigenvalue weighted by atomic mass is 32.1. The molecule has 2 aliphatic heterocycles. The molecule has 0 spiro atoms. The Hall–Kier alpha value is -1.98. The van der Waals surface area contributed by atoms with Gasteiger partial charge >= 0.3 is 0 Å². The Morgan fingerprint density at radius 3 is 2.83 bits per heavy atom. The predicted octanol–water partition coefficient (Wildman–Crippen LogP) is 2.66. The van der Waals surface area contributed by atoms with Gasteiger partial charge in [-0.3, -0.25) is 9.59 Å². The highest BCUT2D eigenvalue weighted by molar-refractivity contribution is 7.17. The predicted molar refractivity (Wildman–Crippen MR) is 91.2 cm³/mol. The summed E-state index contributed by atoms with van der Waals surface area (Å²) in [6, 6.07) is 9.94. The lowest BCUT2D eigenvalue weighted by atomic mass is 9.86. The van der Waals surface area contributed by atoms with Crippen LogP contribution in [-0.2, 0) is 0 Å². The van der Waals surface area contributed by atoms with Crippen LogP contribution in [0.2, 0.25) is 0 Å². The van der Waals surface area contributed by atoms with Crippen LogP contribution in [0.3, 0.4) is 0 Å². The molecule has 0 aliphatic carbocycles. The van der Waals surface area contributed by atoms with Crippen molar-refractivity contribution in [1.29, 1.82) is 0 Å². The average Bonchev–Trinajstić information content (AvgIpc) is 3.19. The SMILES string of the molecule is CC(=O)c1ccc(-c2ccc3c(c2)C(=O)NC[C@@H]2CNC[C@@H]32)s1. The summed E-state index contributed by atoms with van der Waals surface area (Å²) in [5.74, 6) is 0.958. The molecule has 2 aliphatic rings. The van der Waals surface area contributed by atoms with E-state index < -0.39 is 0 Å². The van der Waals surface area contributed by atoms with Crippen molar-refractivity contribution in [1.82, 2.24) is 10.6 Å². The van der Waals surface area contributed by atoms with E-state index in [0.717, 1.165) is 46.1 Å². The minimum absolute atomic E-state index is 0.0135. The topological polar surface area (TPSA) is 58.2 Å². The van der Waals surface area contributed by atoms with E-state index in [0.29, 0.717) is 11.8 Å². The number of Topliss-reactive ketones (excluding diaryl/α,β-unsaturated/α-hetero) is 1. The number of hydrogen-bond donors (Lipinski definition) is 2. The summed E-state index contributed by atoms with van der Waals surface area (Å²) in [6.45, 7) is 4.19. The molecule has 0 radical (unpaired) electrons. The lowest BCUT2D eigenvalue weighted by molar-refractivity contribution is 0.0951. The highest BCUT2D eigenvalue weighted by Gasteiger charge is 2.34. The van der Waals surface area contributed by atoms with Crippen LogP contribution in [0.4, 0.5) is 0 Å². The standard InChI is InChI=1S/C18H18N2O2S/c1-10(21)16-4-5-17(23-16)11-2-3-13-14(6-11)18(22)20-8-12-7-19-9-15(12)13/h2-6,12,15,19H,7-9H2,1H3,(H,20,22)/t12-,15+/m0/s1.